The molecule has 0 unspecified atom stereocenters. The van der Waals surface area contributed by atoms with Crippen molar-refractivity contribution >= 4 is 29.0 Å². The second-order valence-corrected chi connectivity index (χ2v) is 7.67. The standard InChI is InChI=1S/C21H22N4O5/c1-21(2,3)30-19(27)13-10-14(24-16(11-13)18(26)22-4)9-12-5-7-23-17-15(12)6-8-25(17)20(28)29/h5-8,10-11H,9H2,1-4H3,(H,22,26)(H,28,29). The summed E-state index contributed by atoms with van der Waals surface area (Å²) in [6.45, 7) is 5.27. The van der Waals surface area contributed by atoms with Crippen molar-refractivity contribution in [2.75, 3.05) is 7.05 Å². The molecule has 0 bridgehead atoms. The summed E-state index contributed by atoms with van der Waals surface area (Å²) in [6, 6.07) is 6.36. The van der Waals surface area contributed by atoms with Gasteiger partial charge < -0.3 is 15.2 Å². The highest BCUT2D eigenvalue weighted by atomic mass is 16.6. The van der Waals surface area contributed by atoms with E-state index in [1.54, 1.807) is 39.0 Å². The highest BCUT2D eigenvalue weighted by Crippen LogP contribution is 2.22. The normalized spacial score (nSPS) is 11.3. The lowest BCUT2D eigenvalue weighted by Gasteiger charge is -2.20. The van der Waals surface area contributed by atoms with Crippen molar-refractivity contribution in [2.24, 2.45) is 0 Å². The number of nitrogens with one attached hydrogen (secondary N) is 1. The first kappa shape index (κ1) is 21.0. The number of hydrogen-bond acceptors (Lipinski definition) is 6. The maximum atomic E-state index is 12.6. The molecule has 3 aromatic rings. The number of carboxylic acid groups (broad SMARTS) is 1. The quantitative estimate of drug-likeness (QED) is 0.634. The minimum Gasteiger partial charge on any atom is -0.464 e. The number of nitrogens with zero attached hydrogens (tertiary/aromatic N) is 3. The summed E-state index contributed by atoms with van der Waals surface area (Å²) < 4.78 is 6.45. The minimum atomic E-state index is -1.14. The molecule has 0 saturated heterocycles. The highest BCUT2D eigenvalue weighted by Gasteiger charge is 2.21. The molecule has 1 amide bonds. The zero-order chi connectivity index (χ0) is 22.1. The Hall–Kier alpha value is -3.75. The molecule has 0 radical (unpaired) electrons. The second-order valence-electron chi connectivity index (χ2n) is 7.67. The molecule has 0 fully saturated rings. The van der Waals surface area contributed by atoms with Crippen LogP contribution in [0.25, 0.3) is 11.0 Å². The molecule has 2 N–H and O–H groups in total. The average molecular weight is 410 g/mol. The maximum absolute atomic E-state index is 12.6. The molecule has 156 valence electrons. The number of fused-ring (bicyclic) bond motifs is 1. The van der Waals surface area contributed by atoms with E-state index in [0.717, 1.165) is 10.1 Å². The molecule has 0 saturated carbocycles. The number of rotatable bonds is 4. The Morgan fingerprint density at radius 2 is 1.93 bits per heavy atom. The van der Waals surface area contributed by atoms with E-state index in [9.17, 15) is 19.5 Å². The molecule has 9 nitrogen and oxygen atoms in total. The predicted octanol–water partition coefficient (Wildman–Crippen LogP) is 2.86. The van der Waals surface area contributed by atoms with E-state index in [4.69, 9.17) is 4.74 Å². The average Bonchev–Trinajstić information content (AvgIpc) is 3.11. The van der Waals surface area contributed by atoms with E-state index in [-0.39, 0.29) is 17.7 Å². The molecule has 0 spiro atoms. The summed E-state index contributed by atoms with van der Waals surface area (Å²) in [6.07, 6.45) is 2.06. The molecular formula is C21H22N4O5. The molecule has 3 aromatic heterocycles. The largest absolute Gasteiger partial charge is 0.464 e. The molecule has 9 heteroatoms. The summed E-state index contributed by atoms with van der Waals surface area (Å²) >= 11 is 0. The Bertz CT molecular complexity index is 1140. The van der Waals surface area contributed by atoms with E-state index >= 15 is 0 Å². The molecule has 0 aliphatic carbocycles. The SMILES string of the molecule is CNC(=O)c1cc(C(=O)OC(C)(C)C)cc(Cc2ccnc3c2ccn3C(=O)O)n1. The zero-order valence-corrected chi connectivity index (χ0v) is 17.1. The van der Waals surface area contributed by atoms with Crippen LogP contribution in [-0.4, -0.2) is 50.3 Å². The predicted molar refractivity (Wildman–Crippen MR) is 109 cm³/mol. The fourth-order valence-electron chi connectivity index (χ4n) is 2.98. The Balaban J connectivity index is 2.04. The van der Waals surface area contributed by atoms with Gasteiger partial charge in [-0.1, -0.05) is 0 Å². The van der Waals surface area contributed by atoms with Crippen LogP contribution >= 0.6 is 0 Å². The third-order valence-corrected chi connectivity index (χ3v) is 4.23. The Kier molecular flexibility index (Phi) is 5.55. The van der Waals surface area contributed by atoms with Crippen molar-refractivity contribution in [3.05, 3.63) is 59.2 Å². The van der Waals surface area contributed by atoms with Crippen molar-refractivity contribution in [2.45, 2.75) is 32.8 Å². The number of carbonyl (C=O) groups excluding carboxylic acids is 2. The molecule has 3 rings (SSSR count). The molecular weight excluding hydrogens is 388 g/mol. The van der Waals surface area contributed by atoms with Crippen LogP contribution in [0.15, 0.2) is 36.7 Å². The van der Waals surface area contributed by atoms with Crippen LogP contribution in [-0.2, 0) is 11.2 Å². The number of ether oxygens (including phenoxy) is 1. The molecule has 3 heterocycles. The number of carbonyl (C=O) groups is 3. The lowest BCUT2D eigenvalue weighted by atomic mass is 10.0. The minimum absolute atomic E-state index is 0.0873. The third-order valence-electron chi connectivity index (χ3n) is 4.23. The molecule has 30 heavy (non-hydrogen) atoms. The van der Waals surface area contributed by atoms with E-state index in [1.807, 2.05) is 0 Å². The van der Waals surface area contributed by atoms with Gasteiger partial charge in [0.05, 0.1) is 5.56 Å². The Labute approximate surface area is 172 Å². The third kappa shape index (κ3) is 4.45. The van der Waals surface area contributed by atoms with Crippen molar-refractivity contribution in [1.29, 1.82) is 0 Å². The topological polar surface area (TPSA) is 123 Å². The van der Waals surface area contributed by atoms with Crippen molar-refractivity contribution in [1.82, 2.24) is 19.9 Å². The lowest BCUT2D eigenvalue weighted by molar-refractivity contribution is 0.00691. The van der Waals surface area contributed by atoms with Crippen LogP contribution in [0.2, 0.25) is 0 Å². The summed E-state index contributed by atoms with van der Waals surface area (Å²) in [4.78, 5) is 44.6. The van der Waals surface area contributed by atoms with Crippen molar-refractivity contribution < 1.29 is 24.2 Å². The monoisotopic (exact) mass is 410 g/mol. The van der Waals surface area contributed by atoms with Crippen LogP contribution in [0.3, 0.4) is 0 Å². The molecule has 0 aromatic carbocycles. The van der Waals surface area contributed by atoms with Gasteiger partial charge in [-0.05, 0) is 50.6 Å². The summed E-state index contributed by atoms with van der Waals surface area (Å²) in [5.74, 6) is -0.994. The van der Waals surface area contributed by atoms with Crippen LogP contribution < -0.4 is 5.32 Å². The van der Waals surface area contributed by atoms with Gasteiger partial charge in [0.1, 0.15) is 16.9 Å². The van der Waals surface area contributed by atoms with Gasteiger partial charge >= 0.3 is 12.1 Å². The van der Waals surface area contributed by atoms with Gasteiger partial charge in [0, 0.05) is 36.9 Å². The number of amides is 1. The van der Waals surface area contributed by atoms with E-state index in [0.29, 0.717) is 16.7 Å². The smallest absolute Gasteiger partial charge is 0.417 e. The fourth-order valence-corrected chi connectivity index (χ4v) is 2.98. The summed E-state index contributed by atoms with van der Waals surface area (Å²) in [5.41, 5.74) is 1.13. The van der Waals surface area contributed by atoms with Crippen LogP contribution in [0, 0.1) is 0 Å². The second kappa shape index (κ2) is 7.94. The van der Waals surface area contributed by atoms with E-state index in [1.165, 1.54) is 25.5 Å². The van der Waals surface area contributed by atoms with Gasteiger partial charge in [-0.25, -0.2) is 24.1 Å². The number of hydrogen-bond donors (Lipinski definition) is 2. The van der Waals surface area contributed by atoms with Gasteiger partial charge in [0.25, 0.3) is 5.91 Å². The highest BCUT2D eigenvalue weighted by molar-refractivity contribution is 5.96. The van der Waals surface area contributed by atoms with Gasteiger partial charge in [-0.15, -0.1) is 0 Å². The lowest BCUT2D eigenvalue weighted by Crippen LogP contribution is -2.25. The first-order chi connectivity index (χ1) is 14.1. The number of pyridine rings is 2. The van der Waals surface area contributed by atoms with Gasteiger partial charge in [-0.3, -0.25) is 4.79 Å². The molecule has 0 atom stereocenters. The summed E-state index contributed by atoms with van der Waals surface area (Å²) in [7, 11) is 1.48. The van der Waals surface area contributed by atoms with E-state index in [2.05, 4.69) is 15.3 Å². The first-order valence-corrected chi connectivity index (χ1v) is 9.23. The van der Waals surface area contributed by atoms with Crippen LogP contribution in [0.5, 0.6) is 0 Å². The number of aromatic nitrogens is 3. The fraction of sp³-hybridized carbons (Fsp3) is 0.286. The molecule has 0 aliphatic rings. The van der Waals surface area contributed by atoms with Gasteiger partial charge in [-0.2, -0.15) is 0 Å². The summed E-state index contributed by atoms with van der Waals surface area (Å²) in [5, 5.41) is 12.4. The zero-order valence-electron chi connectivity index (χ0n) is 17.1. The van der Waals surface area contributed by atoms with E-state index < -0.39 is 23.6 Å². The Morgan fingerprint density at radius 3 is 2.57 bits per heavy atom. The maximum Gasteiger partial charge on any atom is 0.417 e. The van der Waals surface area contributed by atoms with Gasteiger partial charge in [0.2, 0.25) is 0 Å². The first-order valence-electron chi connectivity index (χ1n) is 9.23. The van der Waals surface area contributed by atoms with Crippen molar-refractivity contribution in [3.8, 4) is 0 Å². The van der Waals surface area contributed by atoms with Crippen LogP contribution in [0.4, 0.5) is 4.79 Å². The molecule has 0 aliphatic heterocycles. The van der Waals surface area contributed by atoms with Crippen LogP contribution in [0.1, 0.15) is 52.9 Å². The van der Waals surface area contributed by atoms with Crippen molar-refractivity contribution in [3.63, 3.8) is 0 Å². The number of esters is 1. The van der Waals surface area contributed by atoms with Gasteiger partial charge in [0.15, 0.2) is 0 Å². The Morgan fingerprint density at radius 1 is 1.20 bits per heavy atom.